The van der Waals surface area contributed by atoms with Gasteiger partial charge in [-0.25, -0.2) is 0 Å². The van der Waals surface area contributed by atoms with Gasteiger partial charge in [-0.2, -0.15) is 0 Å². The molecule has 0 fully saturated rings. The van der Waals surface area contributed by atoms with E-state index >= 15 is 0 Å². The Morgan fingerprint density at radius 1 is 1.00 bits per heavy atom. The van der Waals surface area contributed by atoms with Crippen molar-refractivity contribution in [2.75, 3.05) is 19.0 Å². The molecule has 0 saturated carbocycles. The number of rotatable bonds is 5. The summed E-state index contributed by atoms with van der Waals surface area (Å²) in [6.45, 7) is 5.89. The molecule has 2 N–H and O–H groups in total. The van der Waals surface area contributed by atoms with E-state index in [-0.39, 0.29) is 18.4 Å². The van der Waals surface area contributed by atoms with Crippen LogP contribution in [0.3, 0.4) is 0 Å². The summed E-state index contributed by atoms with van der Waals surface area (Å²) in [6, 6.07) is 10.7. The molecule has 24 heavy (non-hydrogen) atoms. The Morgan fingerprint density at radius 3 is 2.12 bits per heavy atom. The first-order chi connectivity index (χ1) is 11.4. The van der Waals surface area contributed by atoms with Crippen LogP contribution in [0.4, 0.5) is 5.69 Å². The Bertz CT molecular complexity index is 729. The molecule has 0 spiro atoms. The van der Waals surface area contributed by atoms with Crippen LogP contribution in [0.25, 0.3) is 0 Å². The molecule has 0 aromatic heterocycles. The zero-order valence-electron chi connectivity index (χ0n) is 14.4. The summed E-state index contributed by atoms with van der Waals surface area (Å²) in [4.78, 5) is 23.5. The number of benzene rings is 2. The van der Waals surface area contributed by atoms with Crippen molar-refractivity contribution in [2.24, 2.45) is 0 Å². The Morgan fingerprint density at radius 2 is 1.58 bits per heavy atom. The highest BCUT2D eigenvalue weighted by Crippen LogP contribution is 2.24. The first-order valence-corrected chi connectivity index (χ1v) is 7.73. The average Bonchev–Trinajstić information content (AvgIpc) is 2.53. The first kappa shape index (κ1) is 17.5. The molecule has 2 amide bonds. The van der Waals surface area contributed by atoms with E-state index in [4.69, 9.17) is 4.74 Å². The molecule has 0 atom stereocenters. The van der Waals surface area contributed by atoms with Gasteiger partial charge >= 0.3 is 0 Å². The number of carbonyl (C=O) groups is 2. The normalized spacial score (nSPS) is 10.2. The molecule has 0 bridgehead atoms. The van der Waals surface area contributed by atoms with Gasteiger partial charge in [-0.3, -0.25) is 9.59 Å². The van der Waals surface area contributed by atoms with E-state index in [9.17, 15) is 9.59 Å². The molecule has 0 radical (unpaired) electrons. The van der Waals surface area contributed by atoms with Crippen molar-refractivity contribution < 1.29 is 14.3 Å². The summed E-state index contributed by atoms with van der Waals surface area (Å²) < 4.78 is 5.66. The summed E-state index contributed by atoms with van der Waals surface area (Å²) in [5.41, 5.74) is 4.34. The molecule has 2 aromatic rings. The van der Waals surface area contributed by atoms with E-state index in [2.05, 4.69) is 10.6 Å². The maximum atomic E-state index is 12.0. The van der Waals surface area contributed by atoms with E-state index in [1.165, 1.54) is 0 Å². The third kappa shape index (κ3) is 4.35. The minimum absolute atomic E-state index is 0.0675. The Kier molecular flexibility index (Phi) is 5.58. The van der Waals surface area contributed by atoms with Crippen LogP contribution in [-0.4, -0.2) is 25.5 Å². The number of nitrogens with one attached hydrogen (secondary N) is 2. The highest BCUT2D eigenvalue weighted by atomic mass is 16.5. The monoisotopic (exact) mass is 326 g/mol. The van der Waals surface area contributed by atoms with Crippen molar-refractivity contribution in [1.82, 2.24) is 5.32 Å². The lowest BCUT2D eigenvalue weighted by molar-refractivity contribution is -0.118. The number of anilines is 1. The van der Waals surface area contributed by atoms with E-state index in [0.717, 1.165) is 22.4 Å². The van der Waals surface area contributed by atoms with Crippen molar-refractivity contribution in [3.05, 3.63) is 58.7 Å². The van der Waals surface area contributed by atoms with E-state index in [1.807, 2.05) is 32.9 Å². The smallest absolute Gasteiger partial charge is 0.262 e. The van der Waals surface area contributed by atoms with Gasteiger partial charge in [-0.15, -0.1) is 0 Å². The van der Waals surface area contributed by atoms with Crippen LogP contribution >= 0.6 is 0 Å². The Labute approximate surface area is 142 Å². The van der Waals surface area contributed by atoms with Crippen molar-refractivity contribution in [2.45, 2.75) is 20.8 Å². The van der Waals surface area contributed by atoms with E-state index < -0.39 is 0 Å². The highest BCUT2D eigenvalue weighted by Gasteiger charge is 2.09. The molecule has 0 aliphatic rings. The van der Waals surface area contributed by atoms with Gasteiger partial charge in [-0.1, -0.05) is 17.7 Å². The fourth-order valence-corrected chi connectivity index (χ4v) is 2.58. The second kappa shape index (κ2) is 7.64. The SMILES string of the molecule is CNC(=O)c1ccc(NC(=O)COc2c(C)cc(C)cc2C)cc1. The van der Waals surface area contributed by atoms with E-state index in [1.54, 1.807) is 31.3 Å². The molecule has 0 aliphatic heterocycles. The standard InChI is InChI=1S/C19H22N2O3/c1-12-9-13(2)18(14(3)10-12)24-11-17(22)21-16-7-5-15(6-8-16)19(23)20-4/h5-10H,11H2,1-4H3,(H,20,23)(H,21,22). The number of ether oxygens (including phenoxy) is 1. The van der Waals surface area contributed by atoms with Gasteiger partial charge in [-0.05, 0) is 56.2 Å². The molecule has 0 saturated heterocycles. The highest BCUT2D eigenvalue weighted by molar-refractivity contribution is 5.95. The van der Waals surface area contributed by atoms with Gasteiger partial charge in [0.15, 0.2) is 6.61 Å². The lowest BCUT2D eigenvalue weighted by Gasteiger charge is -2.13. The number of aryl methyl sites for hydroxylation is 3. The van der Waals surface area contributed by atoms with Crippen LogP contribution in [0.5, 0.6) is 5.75 Å². The van der Waals surface area contributed by atoms with Gasteiger partial charge in [0.05, 0.1) is 0 Å². The minimum atomic E-state index is -0.248. The molecule has 126 valence electrons. The fourth-order valence-electron chi connectivity index (χ4n) is 2.58. The summed E-state index contributed by atoms with van der Waals surface area (Å²) in [5.74, 6) is 0.328. The minimum Gasteiger partial charge on any atom is -0.483 e. The van der Waals surface area contributed by atoms with Crippen molar-refractivity contribution in [3.8, 4) is 5.75 Å². The van der Waals surface area contributed by atoms with Crippen LogP contribution in [0, 0.1) is 20.8 Å². The van der Waals surface area contributed by atoms with Crippen LogP contribution in [0.15, 0.2) is 36.4 Å². The lowest BCUT2D eigenvalue weighted by Crippen LogP contribution is -2.21. The number of hydrogen-bond acceptors (Lipinski definition) is 3. The summed E-state index contributed by atoms with van der Waals surface area (Å²) in [6.07, 6.45) is 0. The second-order valence-electron chi connectivity index (χ2n) is 5.72. The molecule has 5 heteroatoms. The van der Waals surface area contributed by atoms with Crippen LogP contribution in [0.2, 0.25) is 0 Å². The zero-order chi connectivity index (χ0) is 17.7. The van der Waals surface area contributed by atoms with Crippen LogP contribution in [0.1, 0.15) is 27.0 Å². The average molecular weight is 326 g/mol. The summed E-state index contributed by atoms with van der Waals surface area (Å²) >= 11 is 0. The van der Waals surface area contributed by atoms with Gasteiger partial charge in [0.25, 0.3) is 11.8 Å². The molecule has 0 unspecified atom stereocenters. The van der Waals surface area contributed by atoms with Crippen molar-refractivity contribution in [1.29, 1.82) is 0 Å². The third-order valence-corrected chi connectivity index (χ3v) is 3.61. The predicted octanol–water partition coefficient (Wildman–Crippen LogP) is 2.99. The molecule has 0 aliphatic carbocycles. The predicted molar refractivity (Wildman–Crippen MR) is 94.6 cm³/mol. The fraction of sp³-hybridized carbons (Fsp3) is 0.263. The van der Waals surface area contributed by atoms with E-state index in [0.29, 0.717) is 11.3 Å². The maximum Gasteiger partial charge on any atom is 0.262 e. The Balaban J connectivity index is 1.95. The largest absolute Gasteiger partial charge is 0.483 e. The molecular weight excluding hydrogens is 304 g/mol. The first-order valence-electron chi connectivity index (χ1n) is 7.73. The van der Waals surface area contributed by atoms with Crippen LogP contribution < -0.4 is 15.4 Å². The number of amides is 2. The lowest BCUT2D eigenvalue weighted by atomic mass is 10.1. The van der Waals surface area contributed by atoms with Crippen molar-refractivity contribution >= 4 is 17.5 Å². The maximum absolute atomic E-state index is 12.0. The number of hydrogen-bond donors (Lipinski definition) is 2. The molecule has 0 heterocycles. The van der Waals surface area contributed by atoms with Crippen molar-refractivity contribution in [3.63, 3.8) is 0 Å². The summed E-state index contributed by atoms with van der Waals surface area (Å²) in [7, 11) is 1.57. The van der Waals surface area contributed by atoms with Gasteiger partial charge in [0.1, 0.15) is 5.75 Å². The van der Waals surface area contributed by atoms with Gasteiger partial charge in [0.2, 0.25) is 0 Å². The van der Waals surface area contributed by atoms with Gasteiger partial charge in [0, 0.05) is 18.3 Å². The van der Waals surface area contributed by atoms with Gasteiger partial charge < -0.3 is 15.4 Å². The third-order valence-electron chi connectivity index (χ3n) is 3.61. The number of carbonyl (C=O) groups excluding carboxylic acids is 2. The topological polar surface area (TPSA) is 67.4 Å². The zero-order valence-corrected chi connectivity index (χ0v) is 14.4. The molecule has 2 rings (SSSR count). The second-order valence-corrected chi connectivity index (χ2v) is 5.72. The van der Waals surface area contributed by atoms with Crippen LogP contribution in [-0.2, 0) is 4.79 Å². The quantitative estimate of drug-likeness (QED) is 0.887. The Hall–Kier alpha value is -2.82. The molecule has 5 nitrogen and oxygen atoms in total. The summed E-state index contributed by atoms with van der Waals surface area (Å²) in [5, 5.41) is 5.30. The molecule has 2 aromatic carbocycles. The molecular formula is C19H22N2O3.